The van der Waals surface area contributed by atoms with E-state index in [1.54, 1.807) is 0 Å². The minimum absolute atomic E-state index is 0.455. The van der Waals surface area contributed by atoms with Crippen LogP contribution in [0.1, 0.15) is 52.4 Å². The minimum atomic E-state index is -5.08. The quantitative estimate of drug-likeness (QED) is 0.717. The van der Waals surface area contributed by atoms with Crippen LogP contribution in [0.3, 0.4) is 0 Å². The number of carboxylic acids is 1. The van der Waals surface area contributed by atoms with Crippen LogP contribution in [0.15, 0.2) is 0 Å². The van der Waals surface area contributed by atoms with Crippen LogP contribution < -0.4 is 5.73 Å². The molecule has 0 bridgehead atoms. The third kappa shape index (κ3) is 15.2. The first kappa shape index (κ1) is 18.6. The molecule has 0 aromatic heterocycles. The van der Waals surface area contributed by atoms with Crippen LogP contribution in [0.25, 0.3) is 0 Å². The van der Waals surface area contributed by atoms with Crippen LogP contribution in [0, 0.1) is 0 Å². The predicted molar refractivity (Wildman–Crippen MR) is 60.7 cm³/mol. The van der Waals surface area contributed by atoms with E-state index in [0.29, 0.717) is 6.04 Å². The monoisotopic (exact) mass is 257 g/mol. The standard InChI is InChI=1S/C9H21N.C2HF3O2/c1-3-5-6-7-8-9(10)4-2;3-2(4,5)1(6)7/h9H,3-8,10H2,1-2H3;(H,6,7). The van der Waals surface area contributed by atoms with Crippen molar-refractivity contribution >= 4 is 5.97 Å². The molecular formula is C11H22F3NO2. The molecule has 0 aliphatic rings. The first-order valence-electron chi connectivity index (χ1n) is 5.81. The molecule has 1 unspecified atom stereocenters. The van der Waals surface area contributed by atoms with E-state index in [1.807, 2.05) is 0 Å². The summed E-state index contributed by atoms with van der Waals surface area (Å²) in [7, 11) is 0. The number of aliphatic carboxylic acids is 1. The topological polar surface area (TPSA) is 63.3 Å². The SMILES string of the molecule is CCCCCCC(N)CC.O=C(O)C(F)(F)F. The highest BCUT2D eigenvalue weighted by atomic mass is 19.4. The Bertz CT molecular complexity index is 196. The zero-order valence-electron chi connectivity index (χ0n) is 10.4. The van der Waals surface area contributed by atoms with Crippen molar-refractivity contribution in [1.82, 2.24) is 0 Å². The summed E-state index contributed by atoms with van der Waals surface area (Å²) in [5.74, 6) is -2.76. The smallest absolute Gasteiger partial charge is 0.475 e. The summed E-state index contributed by atoms with van der Waals surface area (Å²) in [6.07, 6.45) is 2.65. The van der Waals surface area contributed by atoms with E-state index >= 15 is 0 Å². The molecule has 0 heterocycles. The van der Waals surface area contributed by atoms with Gasteiger partial charge in [0, 0.05) is 6.04 Å². The highest BCUT2D eigenvalue weighted by Gasteiger charge is 2.38. The van der Waals surface area contributed by atoms with Crippen molar-refractivity contribution in [3.8, 4) is 0 Å². The molecule has 3 nitrogen and oxygen atoms in total. The molecule has 0 saturated carbocycles. The number of nitrogens with two attached hydrogens (primary N) is 1. The maximum Gasteiger partial charge on any atom is 0.490 e. The fourth-order valence-electron chi connectivity index (χ4n) is 1.04. The van der Waals surface area contributed by atoms with Crippen molar-refractivity contribution in [1.29, 1.82) is 0 Å². The second-order valence-electron chi connectivity index (χ2n) is 3.82. The van der Waals surface area contributed by atoms with E-state index in [2.05, 4.69) is 13.8 Å². The van der Waals surface area contributed by atoms with Gasteiger partial charge in [-0.25, -0.2) is 4.79 Å². The van der Waals surface area contributed by atoms with E-state index in [4.69, 9.17) is 15.6 Å². The van der Waals surface area contributed by atoms with Gasteiger partial charge in [0.05, 0.1) is 0 Å². The molecule has 17 heavy (non-hydrogen) atoms. The molecule has 3 N–H and O–H groups in total. The molecule has 0 aliphatic carbocycles. The molecule has 1 atom stereocenters. The molecule has 104 valence electrons. The number of carbonyl (C=O) groups is 1. The Morgan fingerprint density at radius 3 is 2.00 bits per heavy atom. The van der Waals surface area contributed by atoms with E-state index in [1.165, 1.54) is 32.1 Å². The van der Waals surface area contributed by atoms with Crippen LogP contribution in [0.2, 0.25) is 0 Å². The van der Waals surface area contributed by atoms with Crippen LogP contribution in [0.5, 0.6) is 0 Å². The molecule has 0 aromatic carbocycles. The second-order valence-corrected chi connectivity index (χ2v) is 3.82. The number of hydrogen-bond acceptors (Lipinski definition) is 2. The maximum absolute atomic E-state index is 10.6. The fraction of sp³-hybridized carbons (Fsp3) is 0.909. The predicted octanol–water partition coefficient (Wildman–Crippen LogP) is 3.33. The Kier molecular flexibility index (Phi) is 11.3. The van der Waals surface area contributed by atoms with Crippen LogP contribution >= 0.6 is 0 Å². The van der Waals surface area contributed by atoms with E-state index in [-0.39, 0.29) is 0 Å². The van der Waals surface area contributed by atoms with Gasteiger partial charge >= 0.3 is 12.1 Å². The Morgan fingerprint density at radius 2 is 1.71 bits per heavy atom. The second kappa shape index (κ2) is 10.4. The van der Waals surface area contributed by atoms with Gasteiger partial charge in [-0.15, -0.1) is 0 Å². The lowest BCUT2D eigenvalue weighted by molar-refractivity contribution is -0.192. The molecular weight excluding hydrogens is 235 g/mol. The number of alkyl halides is 3. The highest BCUT2D eigenvalue weighted by molar-refractivity contribution is 5.73. The summed E-state index contributed by atoms with van der Waals surface area (Å²) < 4.78 is 31.7. The van der Waals surface area contributed by atoms with Gasteiger partial charge in [0.25, 0.3) is 0 Å². The van der Waals surface area contributed by atoms with Gasteiger partial charge in [-0.2, -0.15) is 13.2 Å². The Morgan fingerprint density at radius 1 is 1.24 bits per heavy atom. The van der Waals surface area contributed by atoms with Gasteiger partial charge in [0.2, 0.25) is 0 Å². The van der Waals surface area contributed by atoms with Crippen LogP contribution in [-0.2, 0) is 4.79 Å². The Balaban J connectivity index is 0. The normalized spacial score (nSPS) is 12.6. The molecule has 0 aliphatic heterocycles. The Labute approximate surface area is 100 Å². The molecule has 0 saturated heterocycles. The summed E-state index contributed by atoms with van der Waals surface area (Å²) >= 11 is 0. The van der Waals surface area contributed by atoms with Gasteiger partial charge in [0.1, 0.15) is 0 Å². The van der Waals surface area contributed by atoms with Gasteiger partial charge < -0.3 is 10.8 Å². The maximum atomic E-state index is 10.6. The number of hydrogen-bond donors (Lipinski definition) is 2. The average Bonchev–Trinajstić information content (AvgIpc) is 2.23. The first-order chi connectivity index (χ1) is 7.75. The molecule has 0 spiro atoms. The van der Waals surface area contributed by atoms with Crippen molar-refractivity contribution in [3.05, 3.63) is 0 Å². The van der Waals surface area contributed by atoms with Crippen molar-refractivity contribution < 1.29 is 23.1 Å². The van der Waals surface area contributed by atoms with Crippen molar-refractivity contribution in [2.75, 3.05) is 0 Å². The third-order valence-corrected chi connectivity index (χ3v) is 2.20. The largest absolute Gasteiger partial charge is 0.490 e. The summed E-state index contributed by atoms with van der Waals surface area (Å²) in [5, 5.41) is 7.12. The lowest BCUT2D eigenvalue weighted by atomic mass is 10.1. The van der Waals surface area contributed by atoms with Gasteiger partial charge in [-0.3, -0.25) is 0 Å². The highest BCUT2D eigenvalue weighted by Crippen LogP contribution is 2.13. The molecule has 6 heteroatoms. The minimum Gasteiger partial charge on any atom is -0.475 e. The van der Waals surface area contributed by atoms with Gasteiger partial charge in [-0.05, 0) is 12.8 Å². The summed E-state index contributed by atoms with van der Waals surface area (Å²) in [4.78, 5) is 8.90. The summed E-state index contributed by atoms with van der Waals surface area (Å²) in [5.41, 5.74) is 5.76. The fourth-order valence-corrected chi connectivity index (χ4v) is 1.04. The van der Waals surface area contributed by atoms with Crippen LogP contribution in [0.4, 0.5) is 13.2 Å². The zero-order valence-corrected chi connectivity index (χ0v) is 10.4. The van der Waals surface area contributed by atoms with Gasteiger partial charge in [-0.1, -0.05) is 39.5 Å². The van der Waals surface area contributed by atoms with Gasteiger partial charge in [0.15, 0.2) is 0 Å². The molecule has 0 aromatic rings. The summed E-state index contributed by atoms with van der Waals surface area (Å²) in [6.45, 7) is 4.39. The average molecular weight is 257 g/mol. The summed E-state index contributed by atoms with van der Waals surface area (Å²) in [6, 6.07) is 0.455. The zero-order chi connectivity index (χ0) is 13.9. The van der Waals surface area contributed by atoms with Crippen molar-refractivity contribution in [2.24, 2.45) is 5.73 Å². The van der Waals surface area contributed by atoms with E-state index in [9.17, 15) is 13.2 Å². The molecule has 0 rings (SSSR count). The number of carboxylic acid groups (broad SMARTS) is 1. The lowest BCUT2D eigenvalue weighted by Crippen LogP contribution is -2.21. The van der Waals surface area contributed by atoms with E-state index in [0.717, 1.165) is 6.42 Å². The Hall–Kier alpha value is -0.780. The lowest BCUT2D eigenvalue weighted by Gasteiger charge is -2.06. The number of rotatable bonds is 6. The number of halogens is 3. The first-order valence-corrected chi connectivity index (χ1v) is 5.81. The third-order valence-electron chi connectivity index (χ3n) is 2.20. The van der Waals surface area contributed by atoms with Crippen LogP contribution in [-0.4, -0.2) is 23.3 Å². The molecule has 0 amide bonds. The van der Waals surface area contributed by atoms with Crippen molar-refractivity contribution in [2.45, 2.75) is 64.6 Å². The van der Waals surface area contributed by atoms with Crippen molar-refractivity contribution in [3.63, 3.8) is 0 Å². The molecule has 0 fully saturated rings. The number of unbranched alkanes of at least 4 members (excludes halogenated alkanes) is 3. The van der Waals surface area contributed by atoms with E-state index < -0.39 is 12.1 Å². The molecule has 0 radical (unpaired) electrons.